The van der Waals surface area contributed by atoms with Crippen LogP contribution in [0.15, 0.2) is 22.8 Å². The third-order valence-electron chi connectivity index (χ3n) is 2.80. The number of benzene rings is 1. The van der Waals surface area contributed by atoms with E-state index in [1.54, 1.807) is 6.92 Å². The van der Waals surface area contributed by atoms with E-state index in [0.29, 0.717) is 5.69 Å². The zero-order valence-electron chi connectivity index (χ0n) is 10.5. The SMILES string of the molecule is CCOC(=O)c1n[nH]nc1-c1ccc2n[nH]c(Br)c2c1. The molecule has 3 rings (SSSR count). The van der Waals surface area contributed by atoms with Crippen LogP contribution < -0.4 is 0 Å². The maximum absolute atomic E-state index is 11.8. The first-order chi connectivity index (χ1) is 9.70. The normalized spacial score (nSPS) is 10.9. The number of aromatic nitrogens is 5. The van der Waals surface area contributed by atoms with Crippen molar-refractivity contribution < 1.29 is 9.53 Å². The van der Waals surface area contributed by atoms with Crippen LogP contribution in [0.4, 0.5) is 0 Å². The van der Waals surface area contributed by atoms with E-state index >= 15 is 0 Å². The molecule has 2 heterocycles. The fourth-order valence-electron chi connectivity index (χ4n) is 1.90. The molecule has 0 atom stereocenters. The lowest BCUT2D eigenvalue weighted by Gasteiger charge is -2.01. The van der Waals surface area contributed by atoms with Crippen LogP contribution in [0.2, 0.25) is 0 Å². The van der Waals surface area contributed by atoms with E-state index in [1.165, 1.54) is 0 Å². The second-order valence-electron chi connectivity index (χ2n) is 4.01. The minimum atomic E-state index is -0.498. The van der Waals surface area contributed by atoms with Gasteiger partial charge in [-0.25, -0.2) is 4.79 Å². The number of esters is 1. The monoisotopic (exact) mass is 335 g/mol. The van der Waals surface area contributed by atoms with Crippen molar-refractivity contribution in [3.05, 3.63) is 28.5 Å². The number of nitrogens with zero attached hydrogens (tertiary/aromatic N) is 3. The van der Waals surface area contributed by atoms with Gasteiger partial charge < -0.3 is 4.74 Å². The Kier molecular flexibility index (Phi) is 3.23. The second kappa shape index (κ2) is 5.04. The van der Waals surface area contributed by atoms with Gasteiger partial charge in [-0.3, -0.25) is 5.10 Å². The summed E-state index contributed by atoms with van der Waals surface area (Å²) in [5.74, 6) is -0.498. The molecule has 0 radical (unpaired) electrons. The predicted octanol–water partition coefficient (Wildman–Crippen LogP) is 2.29. The molecule has 102 valence electrons. The van der Waals surface area contributed by atoms with Crippen molar-refractivity contribution in [3.63, 3.8) is 0 Å². The Morgan fingerprint density at radius 2 is 2.20 bits per heavy atom. The number of hydrogen-bond donors (Lipinski definition) is 2. The predicted molar refractivity (Wildman–Crippen MR) is 75.1 cm³/mol. The highest BCUT2D eigenvalue weighted by Gasteiger charge is 2.19. The fraction of sp³-hybridized carbons (Fsp3) is 0.167. The topological polar surface area (TPSA) is 96.6 Å². The van der Waals surface area contributed by atoms with Crippen LogP contribution in [0.3, 0.4) is 0 Å². The van der Waals surface area contributed by atoms with Crippen LogP contribution in [0.5, 0.6) is 0 Å². The molecule has 0 amide bonds. The standard InChI is InChI=1S/C12H10BrN5O2/c1-2-20-12(19)10-9(15-18-16-10)6-3-4-8-7(5-6)11(13)17-14-8/h3-5H,2H2,1H3,(H,14,17)(H,15,16,18). The number of rotatable bonds is 3. The van der Waals surface area contributed by atoms with Crippen molar-refractivity contribution in [2.45, 2.75) is 6.92 Å². The van der Waals surface area contributed by atoms with E-state index in [-0.39, 0.29) is 12.3 Å². The molecule has 0 unspecified atom stereocenters. The van der Waals surface area contributed by atoms with Gasteiger partial charge in [0.25, 0.3) is 0 Å². The molecule has 0 saturated carbocycles. The smallest absolute Gasteiger partial charge is 0.361 e. The van der Waals surface area contributed by atoms with Gasteiger partial charge in [-0.15, -0.1) is 5.10 Å². The summed E-state index contributed by atoms with van der Waals surface area (Å²) in [4.78, 5) is 11.8. The third-order valence-corrected chi connectivity index (χ3v) is 3.40. The molecule has 0 spiro atoms. The maximum Gasteiger partial charge on any atom is 0.361 e. The number of H-pyrrole nitrogens is 2. The number of carbonyl (C=O) groups excluding carboxylic acids is 1. The van der Waals surface area contributed by atoms with Crippen molar-refractivity contribution in [2.75, 3.05) is 6.61 Å². The average Bonchev–Trinajstić information content (AvgIpc) is 3.06. The van der Waals surface area contributed by atoms with Gasteiger partial charge in [-0.1, -0.05) is 6.07 Å². The van der Waals surface area contributed by atoms with Crippen molar-refractivity contribution in [1.82, 2.24) is 25.6 Å². The first kappa shape index (κ1) is 12.8. The highest BCUT2D eigenvalue weighted by molar-refractivity contribution is 9.10. The zero-order chi connectivity index (χ0) is 14.1. The van der Waals surface area contributed by atoms with Crippen LogP contribution in [-0.4, -0.2) is 38.2 Å². The lowest BCUT2D eigenvalue weighted by atomic mass is 10.1. The summed E-state index contributed by atoms with van der Waals surface area (Å²) in [7, 11) is 0. The molecule has 0 fully saturated rings. The molecular weight excluding hydrogens is 326 g/mol. The Balaban J connectivity index is 2.09. The van der Waals surface area contributed by atoms with Gasteiger partial charge in [0.15, 0.2) is 5.69 Å². The summed E-state index contributed by atoms with van der Waals surface area (Å²) in [6.07, 6.45) is 0. The molecule has 20 heavy (non-hydrogen) atoms. The third kappa shape index (κ3) is 2.07. The Labute approximate surface area is 121 Å². The number of hydrogen-bond acceptors (Lipinski definition) is 5. The van der Waals surface area contributed by atoms with Gasteiger partial charge in [0.05, 0.1) is 12.1 Å². The lowest BCUT2D eigenvalue weighted by molar-refractivity contribution is 0.0520. The number of carbonyl (C=O) groups is 1. The number of nitrogens with one attached hydrogen (secondary N) is 2. The van der Waals surface area contributed by atoms with Crippen LogP contribution in [0.1, 0.15) is 17.4 Å². The Morgan fingerprint density at radius 1 is 1.35 bits per heavy atom. The average molecular weight is 336 g/mol. The van der Waals surface area contributed by atoms with Crippen LogP contribution >= 0.6 is 15.9 Å². The van der Waals surface area contributed by atoms with Crippen molar-refractivity contribution >= 4 is 32.8 Å². The van der Waals surface area contributed by atoms with Gasteiger partial charge in [0.1, 0.15) is 10.3 Å². The Morgan fingerprint density at radius 3 is 3.00 bits per heavy atom. The van der Waals surface area contributed by atoms with Crippen molar-refractivity contribution in [3.8, 4) is 11.3 Å². The molecule has 1 aromatic carbocycles. The number of aromatic amines is 2. The molecule has 0 saturated heterocycles. The zero-order valence-corrected chi connectivity index (χ0v) is 12.1. The molecule has 0 aliphatic rings. The number of ether oxygens (including phenoxy) is 1. The summed E-state index contributed by atoms with van der Waals surface area (Å²) >= 11 is 3.38. The van der Waals surface area contributed by atoms with Crippen LogP contribution in [0.25, 0.3) is 22.2 Å². The summed E-state index contributed by atoms with van der Waals surface area (Å²) < 4.78 is 5.73. The second-order valence-corrected chi connectivity index (χ2v) is 4.80. The molecule has 0 aliphatic heterocycles. The number of fused-ring (bicyclic) bond motifs is 1. The Hall–Kier alpha value is -2.22. The fourth-order valence-corrected chi connectivity index (χ4v) is 2.31. The molecule has 0 aliphatic carbocycles. The summed E-state index contributed by atoms with van der Waals surface area (Å²) in [6.45, 7) is 2.03. The summed E-state index contributed by atoms with van der Waals surface area (Å²) in [6, 6.07) is 5.55. The molecule has 8 heteroatoms. The van der Waals surface area contributed by atoms with E-state index < -0.39 is 5.97 Å². The van der Waals surface area contributed by atoms with E-state index in [4.69, 9.17) is 4.74 Å². The molecule has 2 N–H and O–H groups in total. The van der Waals surface area contributed by atoms with E-state index in [9.17, 15) is 4.79 Å². The first-order valence-electron chi connectivity index (χ1n) is 5.92. The first-order valence-corrected chi connectivity index (χ1v) is 6.72. The lowest BCUT2D eigenvalue weighted by Crippen LogP contribution is -2.06. The molecule has 7 nitrogen and oxygen atoms in total. The van der Waals surface area contributed by atoms with Crippen LogP contribution in [0, 0.1) is 0 Å². The molecule has 2 aromatic heterocycles. The van der Waals surface area contributed by atoms with E-state index in [0.717, 1.165) is 21.1 Å². The maximum atomic E-state index is 11.8. The van der Waals surface area contributed by atoms with Crippen LogP contribution in [-0.2, 0) is 4.74 Å². The highest BCUT2D eigenvalue weighted by Crippen LogP contribution is 2.27. The molecule has 3 aromatic rings. The number of halogens is 1. The van der Waals surface area contributed by atoms with Gasteiger partial charge in [0, 0.05) is 10.9 Å². The minimum Gasteiger partial charge on any atom is -0.461 e. The Bertz CT molecular complexity index is 779. The van der Waals surface area contributed by atoms with Gasteiger partial charge in [-0.2, -0.15) is 15.4 Å². The minimum absolute atomic E-state index is 0.172. The van der Waals surface area contributed by atoms with Gasteiger partial charge in [0.2, 0.25) is 0 Å². The van der Waals surface area contributed by atoms with E-state index in [2.05, 4.69) is 41.5 Å². The van der Waals surface area contributed by atoms with E-state index in [1.807, 2.05) is 18.2 Å². The van der Waals surface area contributed by atoms with Gasteiger partial charge in [-0.05, 0) is 35.0 Å². The summed E-state index contributed by atoms with van der Waals surface area (Å²) in [5, 5.41) is 18.2. The van der Waals surface area contributed by atoms with Gasteiger partial charge >= 0.3 is 5.97 Å². The molecular formula is C12H10BrN5O2. The highest BCUT2D eigenvalue weighted by atomic mass is 79.9. The molecule has 0 bridgehead atoms. The largest absolute Gasteiger partial charge is 0.461 e. The van der Waals surface area contributed by atoms with Crippen molar-refractivity contribution in [1.29, 1.82) is 0 Å². The van der Waals surface area contributed by atoms with Crippen molar-refractivity contribution in [2.24, 2.45) is 0 Å². The summed E-state index contributed by atoms with van der Waals surface area (Å²) in [5.41, 5.74) is 2.21. The quantitative estimate of drug-likeness (QED) is 0.716.